The van der Waals surface area contributed by atoms with E-state index in [1.165, 1.54) is 6.08 Å². The highest BCUT2D eigenvalue weighted by Gasteiger charge is 2.16. The Morgan fingerprint density at radius 2 is 2.22 bits per heavy atom. The van der Waals surface area contributed by atoms with Crippen LogP contribution in [0.4, 0.5) is 0 Å². The first-order chi connectivity index (χ1) is 13.0. The predicted molar refractivity (Wildman–Crippen MR) is 99.0 cm³/mol. The number of nitrogens with one attached hydrogen (secondary N) is 2. The Morgan fingerprint density at radius 3 is 2.93 bits per heavy atom. The average molecular weight is 395 g/mol. The molecule has 0 aliphatic heterocycles. The Bertz CT molecular complexity index is 917. The molecule has 0 unspecified atom stereocenters. The third-order valence-electron chi connectivity index (χ3n) is 3.54. The molecule has 2 N–H and O–H groups in total. The maximum Gasteiger partial charge on any atom is 0.328 e. The first-order valence-corrected chi connectivity index (χ1v) is 9.09. The molecule has 0 aliphatic rings. The molecule has 0 spiro atoms. The van der Waals surface area contributed by atoms with Crippen molar-refractivity contribution in [3.8, 4) is 0 Å². The van der Waals surface area contributed by atoms with Gasteiger partial charge in [0.1, 0.15) is 0 Å². The number of nitrogens with zero attached hydrogens (tertiary/aromatic N) is 3. The van der Waals surface area contributed by atoms with E-state index in [2.05, 4.69) is 27.1 Å². The van der Waals surface area contributed by atoms with Gasteiger partial charge < -0.3 is 19.5 Å². The average Bonchev–Trinajstić information content (AvgIpc) is 3.08. The van der Waals surface area contributed by atoms with E-state index in [4.69, 9.17) is 9.15 Å². The molecule has 0 aromatic carbocycles. The normalized spacial score (nSPS) is 10.7. The molecule has 0 saturated heterocycles. The van der Waals surface area contributed by atoms with E-state index < -0.39 is 11.2 Å². The third-order valence-corrected chi connectivity index (χ3v) is 4.36. The number of methoxy groups -OCH3 is 1. The summed E-state index contributed by atoms with van der Waals surface area (Å²) in [5, 5.41) is 10.7. The molecule has 2 heterocycles. The van der Waals surface area contributed by atoms with Gasteiger partial charge in [0.05, 0.1) is 18.8 Å². The molecular formula is C16H21N5O5S. The van der Waals surface area contributed by atoms with Crippen molar-refractivity contribution in [2.75, 3.05) is 26.0 Å². The van der Waals surface area contributed by atoms with Gasteiger partial charge in [-0.25, -0.2) is 4.79 Å². The SMILES string of the molecule is C=CCn1c(=O)[nH]c(C)c(Cc2nnc(SCC(=O)NCCOC)o2)c1=O. The van der Waals surface area contributed by atoms with Crippen molar-refractivity contribution < 1.29 is 13.9 Å². The zero-order valence-electron chi connectivity index (χ0n) is 15.1. The lowest BCUT2D eigenvalue weighted by Gasteiger charge is -2.06. The minimum absolute atomic E-state index is 0.0756. The number of rotatable bonds is 10. The van der Waals surface area contributed by atoms with Gasteiger partial charge in [-0.2, -0.15) is 0 Å². The second-order valence-electron chi connectivity index (χ2n) is 5.51. The number of amides is 1. The topological polar surface area (TPSA) is 132 Å². The van der Waals surface area contributed by atoms with Crippen LogP contribution < -0.4 is 16.6 Å². The molecule has 27 heavy (non-hydrogen) atoms. The number of aryl methyl sites for hydroxylation is 1. The quantitative estimate of drug-likeness (QED) is 0.323. The number of aromatic nitrogens is 4. The van der Waals surface area contributed by atoms with Gasteiger partial charge in [-0.15, -0.1) is 16.8 Å². The number of allylic oxidation sites excluding steroid dienone is 1. The van der Waals surface area contributed by atoms with Crippen molar-refractivity contribution in [2.45, 2.75) is 25.1 Å². The number of carbonyl (C=O) groups is 1. The van der Waals surface area contributed by atoms with Gasteiger partial charge in [0.25, 0.3) is 10.8 Å². The summed E-state index contributed by atoms with van der Waals surface area (Å²) in [6, 6.07) is 0. The highest BCUT2D eigenvalue weighted by molar-refractivity contribution is 7.99. The summed E-state index contributed by atoms with van der Waals surface area (Å²) in [5.41, 5.74) is -0.132. The predicted octanol–water partition coefficient (Wildman–Crippen LogP) is -0.140. The van der Waals surface area contributed by atoms with Crippen molar-refractivity contribution in [3.63, 3.8) is 0 Å². The molecular weight excluding hydrogens is 374 g/mol. The van der Waals surface area contributed by atoms with Crippen LogP contribution in [0.25, 0.3) is 0 Å². The van der Waals surface area contributed by atoms with Crippen molar-refractivity contribution in [1.82, 2.24) is 25.1 Å². The van der Waals surface area contributed by atoms with Gasteiger partial charge in [-0.3, -0.25) is 14.2 Å². The van der Waals surface area contributed by atoms with Gasteiger partial charge in [0.15, 0.2) is 0 Å². The number of hydrogen-bond acceptors (Lipinski definition) is 8. The van der Waals surface area contributed by atoms with E-state index >= 15 is 0 Å². The van der Waals surface area contributed by atoms with Crippen molar-refractivity contribution >= 4 is 17.7 Å². The monoisotopic (exact) mass is 395 g/mol. The summed E-state index contributed by atoms with van der Waals surface area (Å²) in [7, 11) is 1.55. The van der Waals surface area contributed by atoms with E-state index in [1.807, 2.05) is 0 Å². The maximum absolute atomic E-state index is 12.5. The molecule has 0 radical (unpaired) electrons. The number of H-pyrrole nitrogens is 1. The zero-order valence-corrected chi connectivity index (χ0v) is 15.9. The fourth-order valence-corrected chi connectivity index (χ4v) is 2.82. The van der Waals surface area contributed by atoms with E-state index in [0.29, 0.717) is 24.4 Å². The molecule has 11 heteroatoms. The van der Waals surface area contributed by atoms with Crippen LogP contribution in [0.5, 0.6) is 0 Å². The first-order valence-electron chi connectivity index (χ1n) is 8.10. The van der Waals surface area contributed by atoms with Crippen LogP contribution in [-0.2, 0) is 22.5 Å². The Kier molecular flexibility index (Phi) is 7.55. The Balaban J connectivity index is 2.05. The number of carbonyl (C=O) groups excluding carboxylic acids is 1. The van der Waals surface area contributed by atoms with Gasteiger partial charge in [-0.05, 0) is 6.92 Å². The second kappa shape index (κ2) is 9.88. The van der Waals surface area contributed by atoms with E-state index in [0.717, 1.165) is 16.3 Å². The second-order valence-corrected chi connectivity index (χ2v) is 6.43. The van der Waals surface area contributed by atoms with E-state index in [-0.39, 0.29) is 35.7 Å². The molecule has 0 aliphatic carbocycles. The maximum atomic E-state index is 12.5. The summed E-state index contributed by atoms with van der Waals surface area (Å²) in [5.74, 6) is 0.158. The minimum Gasteiger partial charge on any atom is -0.416 e. The lowest BCUT2D eigenvalue weighted by Crippen LogP contribution is -2.37. The van der Waals surface area contributed by atoms with Gasteiger partial charge in [0, 0.05) is 31.5 Å². The Morgan fingerprint density at radius 1 is 1.44 bits per heavy atom. The highest BCUT2D eigenvalue weighted by Crippen LogP contribution is 2.17. The summed E-state index contributed by atoms with van der Waals surface area (Å²) in [6.07, 6.45) is 1.54. The van der Waals surface area contributed by atoms with Crippen LogP contribution in [0, 0.1) is 6.92 Å². The van der Waals surface area contributed by atoms with E-state index in [1.54, 1.807) is 14.0 Å². The Labute approximate surface area is 159 Å². The number of ether oxygens (including phenoxy) is 1. The lowest BCUT2D eigenvalue weighted by atomic mass is 10.1. The van der Waals surface area contributed by atoms with Crippen LogP contribution in [0.3, 0.4) is 0 Å². The number of aromatic amines is 1. The summed E-state index contributed by atoms with van der Waals surface area (Å²) in [6.45, 7) is 6.13. The highest BCUT2D eigenvalue weighted by atomic mass is 32.2. The largest absolute Gasteiger partial charge is 0.416 e. The Hall–Kier alpha value is -2.66. The van der Waals surface area contributed by atoms with E-state index in [9.17, 15) is 14.4 Å². The van der Waals surface area contributed by atoms with Crippen LogP contribution in [0.1, 0.15) is 17.1 Å². The van der Waals surface area contributed by atoms with Crippen LogP contribution in [0.15, 0.2) is 31.9 Å². The summed E-state index contributed by atoms with van der Waals surface area (Å²) in [4.78, 5) is 38.6. The standard InChI is InChI=1S/C16H21N5O5S/c1-4-6-21-14(23)11(10(2)18-15(21)24)8-13-19-20-16(26-13)27-9-12(22)17-5-7-25-3/h4H,1,5-9H2,2-3H3,(H,17,22)(H,18,24). The first kappa shape index (κ1) is 20.6. The van der Waals surface area contributed by atoms with Crippen molar-refractivity contribution in [2.24, 2.45) is 0 Å². The zero-order chi connectivity index (χ0) is 19.8. The molecule has 2 aromatic heterocycles. The molecule has 0 atom stereocenters. The molecule has 0 saturated carbocycles. The smallest absolute Gasteiger partial charge is 0.328 e. The molecule has 2 rings (SSSR count). The fourth-order valence-electron chi connectivity index (χ4n) is 2.21. The summed E-state index contributed by atoms with van der Waals surface area (Å²) < 4.78 is 11.4. The van der Waals surface area contributed by atoms with Gasteiger partial charge >= 0.3 is 5.69 Å². The van der Waals surface area contributed by atoms with Crippen molar-refractivity contribution in [3.05, 3.63) is 50.6 Å². The molecule has 10 nitrogen and oxygen atoms in total. The third kappa shape index (κ3) is 5.66. The van der Waals surface area contributed by atoms with Crippen LogP contribution >= 0.6 is 11.8 Å². The van der Waals surface area contributed by atoms with Crippen LogP contribution in [-0.4, -0.2) is 51.7 Å². The number of thioether (sulfide) groups is 1. The number of hydrogen-bond donors (Lipinski definition) is 2. The molecule has 0 fully saturated rings. The minimum atomic E-state index is -0.498. The molecule has 146 valence electrons. The summed E-state index contributed by atoms with van der Waals surface area (Å²) >= 11 is 1.09. The van der Waals surface area contributed by atoms with Crippen LogP contribution in [0.2, 0.25) is 0 Å². The van der Waals surface area contributed by atoms with Gasteiger partial charge in [0.2, 0.25) is 11.8 Å². The van der Waals surface area contributed by atoms with Crippen molar-refractivity contribution in [1.29, 1.82) is 0 Å². The molecule has 2 aromatic rings. The molecule has 0 bridgehead atoms. The fraction of sp³-hybridized carbons (Fsp3) is 0.438. The van der Waals surface area contributed by atoms with Gasteiger partial charge in [-0.1, -0.05) is 17.8 Å². The molecule has 1 amide bonds. The lowest BCUT2D eigenvalue weighted by molar-refractivity contribution is -0.118.